The molecule has 4 N–H and O–H groups in total. The van der Waals surface area contributed by atoms with Crippen LogP contribution < -0.4 is 10.6 Å². The monoisotopic (exact) mass is 300 g/mol. The van der Waals surface area contributed by atoms with Gasteiger partial charge in [-0.15, -0.1) is 11.3 Å². The number of nitrogens with one attached hydrogen (secondary N) is 2. The van der Waals surface area contributed by atoms with Gasteiger partial charge in [0.1, 0.15) is 0 Å². The second-order valence-electron chi connectivity index (χ2n) is 4.78. The molecule has 0 aliphatic carbocycles. The van der Waals surface area contributed by atoms with E-state index in [1.165, 1.54) is 0 Å². The van der Waals surface area contributed by atoms with Crippen molar-refractivity contribution in [2.75, 3.05) is 6.54 Å². The summed E-state index contributed by atoms with van der Waals surface area (Å²) in [6, 6.07) is 3.44. The average Bonchev–Trinajstić information content (AvgIpc) is 2.88. The van der Waals surface area contributed by atoms with E-state index in [0.717, 1.165) is 4.88 Å². The Labute approximate surface area is 121 Å². The minimum atomic E-state index is -1.45. The lowest BCUT2D eigenvalue weighted by molar-refractivity contribution is -0.146. The maximum absolute atomic E-state index is 11.8. The number of carbonyl (C=O) groups is 2. The van der Waals surface area contributed by atoms with Crippen molar-refractivity contribution in [3.05, 3.63) is 22.4 Å². The molecule has 2 atom stereocenters. The Morgan fingerprint density at radius 3 is 2.60 bits per heavy atom. The molecule has 1 heterocycles. The SMILES string of the molecule is CC(C)C(NC(=O)NCCC(O)C(=O)O)c1cccs1. The number of aliphatic hydroxyl groups is 1. The molecule has 0 saturated carbocycles. The summed E-state index contributed by atoms with van der Waals surface area (Å²) in [5.74, 6) is -1.05. The molecule has 0 saturated heterocycles. The first kappa shape index (κ1) is 16.5. The fraction of sp³-hybridized carbons (Fsp3) is 0.538. The standard InChI is InChI=1S/C13H20N2O4S/c1-8(2)11(10-4-3-7-20-10)15-13(19)14-6-5-9(16)12(17)18/h3-4,7-9,11,16H,5-6H2,1-2H3,(H,17,18)(H2,14,15,19). The Balaban J connectivity index is 2.42. The van der Waals surface area contributed by atoms with E-state index in [2.05, 4.69) is 10.6 Å². The molecule has 0 radical (unpaired) electrons. The van der Waals surface area contributed by atoms with E-state index in [0.29, 0.717) is 0 Å². The lowest BCUT2D eigenvalue weighted by atomic mass is 10.0. The third-order valence-electron chi connectivity index (χ3n) is 2.79. The Hall–Kier alpha value is -1.60. The average molecular weight is 300 g/mol. The molecule has 20 heavy (non-hydrogen) atoms. The molecule has 7 heteroatoms. The van der Waals surface area contributed by atoms with Gasteiger partial charge in [-0.25, -0.2) is 9.59 Å². The summed E-state index contributed by atoms with van der Waals surface area (Å²) in [7, 11) is 0. The summed E-state index contributed by atoms with van der Waals surface area (Å²) < 4.78 is 0. The van der Waals surface area contributed by atoms with Crippen molar-refractivity contribution < 1.29 is 19.8 Å². The molecule has 2 unspecified atom stereocenters. The highest BCUT2D eigenvalue weighted by Crippen LogP contribution is 2.25. The Kier molecular flexibility index (Phi) is 6.47. The van der Waals surface area contributed by atoms with Crippen LogP contribution in [-0.4, -0.2) is 34.9 Å². The van der Waals surface area contributed by atoms with Crippen LogP contribution in [0.3, 0.4) is 0 Å². The molecule has 0 fully saturated rings. The van der Waals surface area contributed by atoms with Crippen LogP contribution >= 0.6 is 11.3 Å². The number of carboxylic acids is 1. The zero-order valence-corrected chi connectivity index (χ0v) is 12.3. The predicted molar refractivity (Wildman–Crippen MR) is 76.7 cm³/mol. The van der Waals surface area contributed by atoms with Crippen molar-refractivity contribution in [1.82, 2.24) is 10.6 Å². The number of hydrogen-bond acceptors (Lipinski definition) is 4. The maximum Gasteiger partial charge on any atom is 0.332 e. The van der Waals surface area contributed by atoms with Crippen LogP contribution in [0.15, 0.2) is 17.5 Å². The third-order valence-corrected chi connectivity index (χ3v) is 3.75. The minimum Gasteiger partial charge on any atom is -0.479 e. The van der Waals surface area contributed by atoms with E-state index in [9.17, 15) is 9.59 Å². The van der Waals surface area contributed by atoms with E-state index in [-0.39, 0.29) is 31.0 Å². The zero-order valence-electron chi connectivity index (χ0n) is 11.5. The first-order valence-electron chi connectivity index (χ1n) is 6.40. The van der Waals surface area contributed by atoms with Crippen molar-refractivity contribution in [2.24, 2.45) is 5.92 Å². The predicted octanol–water partition coefficient (Wildman–Crippen LogP) is 1.58. The molecule has 2 amide bonds. The molecule has 112 valence electrons. The summed E-state index contributed by atoms with van der Waals surface area (Å²) in [5, 5.41) is 25.0. The van der Waals surface area contributed by atoms with Gasteiger partial charge < -0.3 is 20.8 Å². The summed E-state index contributed by atoms with van der Waals surface area (Å²) in [6.07, 6.45) is -1.47. The summed E-state index contributed by atoms with van der Waals surface area (Å²) in [5.41, 5.74) is 0. The zero-order chi connectivity index (χ0) is 15.1. The number of aliphatic carboxylic acids is 1. The second kappa shape index (κ2) is 7.86. The highest BCUT2D eigenvalue weighted by molar-refractivity contribution is 7.10. The van der Waals surface area contributed by atoms with Crippen LogP contribution in [0.4, 0.5) is 4.79 Å². The maximum atomic E-state index is 11.8. The summed E-state index contributed by atoms with van der Waals surface area (Å²) >= 11 is 1.57. The molecule has 0 aliphatic heterocycles. The van der Waals surface area contributed by atoms with Gasteiger partial charge in [0.2, 0.25) is 0 Å². The van der Waals surface area contributed by atoms with Gasteiger partial charge in [0.25, 0.3) is 0 Å². The Bertz CT molecular complexity index is 434. The molecular formula is C13H20N2O4S. The number of carboxylic acid groups (broad SMARTS) is 1. The minimum absolute atomic E-state index is 0.0197. The van der Waals surface area contributed by atoms with Crippen LogP contribution in [0.1, 0.15) is 31.2 Å². The molecule has 1 aromatic rings. The molecule has 0 spiro atoms. The van der Waals surface area contributed by atoms with Gasteiger partial charge >= 0.3 is 12.0 Å². The molecule has 0 bridgehead atoms. The number of thiophene rings is 1. The van der Waals surface area contributed by atoms with E-state index in [1.807, 2.05) is 31.4 Å². The van der Waals surface area contributed by atoms with Crippen molar-refractivity contribution in [1.29, 1.82) is 0 Å². The van der Waals surface area contributed by atoms with E-state index in [4.69, 9.17) is 10.2 Å². The molecule has 0 aromatic carbocycles. The smallest absolute Gasteiger partial charge is 0.332 e. The fourth-order valence-corrected chi connectivity index (χ4v) is 2.62. The van der Waals surface area contributed by atoms with Gasteiger partial charge in [-0.3, -0.25) is 0 Å². The van der Waals surface area contributed by atoms with Crippen LogP contribution in [-0.2, 0) is 4.79 Å². The number of urea groups is 1. The topological polar surface area (TPSA) is 98.7 Å². The van der Waals surface area contributed by atoms with Crippen LogP contribution in [0, 0.1) is 5.92 Å². The van der Waals surface area contributed by atoms with Gasteiger partial charge in [0.05, 0.1) is 6.04 Å². The lowest BCUT2D eigenvalue weighted by Gasteiger charge is -2.21. The largest absolute Gasteiger partial charge is 0.479 e. The van der Waals surface area contributed by atoms with Crippen LogP contribution in [0.2, 0.25) is 0 Å². The number of rotatable bonds is 7. The summed E-state index contributed by atoms with van der Waals surface area (Å²) in [4.78, 5) is 23.2. The van der Waals surface area contributed by atoms with Crippen molar-refractivity contribution >= 4 is 23.3 Å². The van der Waals surface area contributed by atoms with Crippen LogP contribution in [0.25, 0.3) is 0 Å². The fourth-order valence-electron chi connectivity index (χ4n) is 1.67. The van der Waals surface area contributed by atoms with Gasteiger partial charge in [0.15, 0.2) is 6.10 Å². The molecule has 1 aromatic heterocycles. The quantitative estimate of drug-likeness (QED) is 0.614. The van der Waals surface area contributed by atoms with Crippen molar-refractivity contribution in [2.45, 2.75) is 32.4 Å². The van der Waals surface area contributed by atoms with Crippen molar-refractivity contribution in [3.63, 3.8) is 0 Å². The van der Waals surface area contributed by atoms with E-state index >= 15 is 0 Å². The number of amides is 2. The highest BCUT2D eigenvalue weighted by Gasteiger charge is 2.19. The van der Waals surface area contributed by atoms with Crippen LogP contribution in [0.5, 0.6) is 0 Å². The normalized spacial score (nSPS) is 13.8. The number of carbonyl (C=O) groups excluding carboxylic acids is 1. The van der Waals surface area contributed by atoms with Gasteiger partial charge in [0, 0.05) is 17.8 Å². The highest BCUT2D eigenvalue weighted by atomic mass is 32.1. The van der Waals surface area contributed by atoms with E-state index < -0.39 is 12.1 Å². The third kappa shape index (κ3) is 5.18. The van der Waals surface area contributed by atoms with Gasteiger partial charge in [-0.1, -0.05) is 19.9 Å². The second-order valence-corrected chi connectivity index (χ2v) is 5.76. The van der Waals surface area contributed by atoms with Gasteiger partial charge in [-0.2, -0.15) is 0 Å². The lowest BCUT2D eigenvalue weighted by Crippen LogP contribution is -2.40. The summed E-state index contributed by atoms with van der Waals surface area (Å²) in [6.45, 7) is 4.13. The molecule has 1 rings (SSSR count). The van der Waals surface area contributed by atoms with Gasteiger partial charge in [-0.05, 0) is 17.4 Å². The molecule has 0 aliphatic rings. The first-order chi connectivity index (χ1) is 9.41. The Morgan fingerprint density at radius 1 is 1.40 bits per heavy atom. The molecular weight excluding hydrogens is 280 g/mol. The number of aliphatic hydroxyl groups excluding tert-OH is 1. The Morgan fingerprint density at radius 2 is 2.10 bits per heavy atom. The number of hydrogen-bond donors (Lipinski definition) is 4. The molecule has 6 nitrogen and oxygen atoms in total. The first-order valence-corrected chi connectivity index (χ1v) is 7.28. The van der Waals surface area contributed by atoms with E-state index in [1.54, 1.807) is 11.3 Å². The van der Waals surface area contributed by atoms with Crippen molar-refractivity contribution in [3.8, 4) is 0 Å².